The summed E-state index contributed by atoms with van der Waals surface area (Å²) in [6.45, 7) is 0.918. The molecular weight excluding hydrogens is 476 g/mol. The minimum absolute atomic E-state index is 0.0407. The maximum atomic E-state index is 14.1. The lowest BCUT2D eigenvalue weighted by atomic mass is 9.87. The first-order valence-electron chi connectivity index (χ1n) is 11.8. The fraction of sp³-hybridized carbons (Fsp3) is 0.560. The molecule has 0 amide bonds. The number of benzene rings is 2. The summed E-state index contributed by atoms with van der Waals surface area (Å²) in [5.41, 5.74) is -0.237. The van der Waals surface area contributed by atoms with Crippen LogP contribution in [-0.2, 0) is 17.5 Å². The van der Waals surface area contributed by atoms with Crippen molar-refractivity contribution in [1.29, 1.82) is 0 Å². The van der Waals surface area contributed by atoms with Gasteiger partial charge >= 0.3 is 18.3 Å². The molecule has 0 radical (unpaired) electrons. The normalized spacial score (nSPS) is 24.5. The van der Waals surface area contributed by atoms with Gasteiger partial charge in [0.25, 0.3) is 0 Å². The third-order valence-electron chi connectivity index (χ3n) is 7.04. The van der Waals surface area contributed by atoms with E-state index in [9.17, 15) is 36.2 Å². The van der Waals surface area contributed by atoms with Gasteiger partial charge in [-0.1, -0.05) is 24.6 Å². The van der Waals surface area contributed by atoms with Gasteiger partial charge in [-0.2, -0.15) is 26.3 Å². The number of halogens is 6. The van der Waals surface area contributed by atoms with Crippen molar-refractivity contribution >= 4 is 16.7 Å². The van der Waals surface area contributed by atoms with Crippen molar-refractivity contribution in [2.45, 2.75) is 76.0 Å². The summed E-state index contributed by atoms with van der Waals surface area (Å²) >= 11 is 0. The smallest absolute Gasteiger partial charge is 0.420 e. The average molecular weight is 503 g/mol. The zero-order valence-corrected chi connectivity index (χ0v) is 19.0. The molecule has 1 aliphatic heterocycles. The van der Waals surface area contributed by atoms with E-state index in [2.05, 4.69) is 0 Å². The Kier molecular flexibility index (Phi) is 7.22. The summed E-state index contributed by atoms with van der Waals surface area (Å²) in [5, 5.41) is 9.75. The quantitative estimate of drug-likeness (QED) is 0.456. The van der Waals surface area contributed by atoms with E-state index in [0.29, 0.717) is 30.5 Å². The lowest BCUT2D eigenvalue weighted by molar-refractivity contribution is -0.185. The van der Waals surface area contributed by atoms with E-state index >= 15 is 0 Å². The van der Waals surface area contributed by atoms with E-state index in [1.54, 1.807) is 12.1 Å². The number of hydrogen-bond donors (Lipinski definition) is 1. The van der Waals surface area contributed by atoms with Gasteiger partial charge in [0, 0.05) is 6.54 Å². The Bertz CT molecular complexity index is 1060. The van der Waals surface area contributed by atoms with E-state index in [4.69, 9.17) is 4.74 Å². The van der Waals surface area contributed by atoms with Gasteiger partial charge in [0.1, 0.15) is 17.4 Å². The SMILES string of the molecule is O=C(O)C1CCCCN1Cc1ccc2c(C(F)(F)F)c(OC3CCC(C(F)(F)F)CC3)ccc2c1. The molecule has 1 saturated heterocycles. The van der Waals surface area contributed by atoms with E-state index < -0.39 is 41.9 Å². The molecule has 2 aliphatic rings. The highest BCUT2D eigenvalue weighted by atomic mass is 19.4. The number of aliphatic carboxylic acids is 1. The predicted octanol–water partition coefficient (Wildman–Crippen LogP) is 6.80. The van der Waals surface area contributed by atoms with Gasteiger partial charge in [-0.15, -0.1) is 0 Å². The average Bonchev–Trinajstić information content (AvgIpc) is 2.78. The van der Waals surface area contributed by atoms with Crippen molar-refractivity contribution in [2.24, 2.45) is 5.92 Å². The number of piperidine rings is 1. The van der Waals surface area contributed by atoms with Crippen molar-refractivity contribution in [1.82, 2.24) is 4.90 Å². The molecule has 0 bridgehead atoms. The Morgan fingerprint density at radius 1 is 0.971 bits per heavy atom. The van der Waals surface area contributed by atoms with Gasteiger partial charge in [-0.25, -0.2) is 0 Å². The molecule has 1 heterocycles. The minimum Gasteiger partial charge on any atom is -0.490 e. The lowest BCUT2D eigenvalue weighted by Gasteiger charge is -2.33. The maximum Gasteiger partial charge on any atom is 0.420 e. The van der Waals surface area contributed by atoms with E-state index in [1.807, 2.05) is 4.90 Å². The molecule has 4 nitrogen and oxygen atoms in total. The third kappa shape index (κ3) is 5.85. The van der Waals surface area contributed by atoms with Crippen LogP contribution in [0.25, 0.3) is 10.8 Å². The summed E-state index contributed by atoms with van der Waals surface area (Å²) in [7, 11) is 0. The van der Waals surface area contributed by atoms with E-state index in [-0.39, 0.29) is 36.8 Å². The Labute approximate surface area is 198 Å². The largest absolute Gasteiger partial charge is 0.490 e. The van der Waals surface area contributed by atoms with Crippen molar-refractivity contribution in [3.05, 3.63) is 41.5 Å². The molecule has 35 heavy (non-hydrogen) atoms. The van der Waals surface area contributed by atoms with Crippen LogP contribution in [0, 0.1) is 5.92 Å². The summed E-state index contributed by atoms with van der Waals surface area (Å²) in [6.07, 6.45) is -7.77. The number of alkyl halides is 6. The predicted molar refractivity (Wildman–Crippen MR) is 117 cm³/mol. The van der Waals surface area contributed by atoms with Crippen LogP contribution >= 0.6 is 0 Å². The molecule has 2 aromatic carbocycles. The number of fused-ring (bicyclic) bond motifs is 1. The molecule has 0 spiro atoms. The Hall–Kier alpha value is -2.49. The second-order valence-corrected chi connectivity index (χ2v) is 9.45. The number of hydrogen-bond acceptors (Lipinski definition) is 3. The first-order valence-corrected chi connectivity index (χ1v) is 11.8. The molecule has 1 saturated carbocycles. The number of likely N-dealkylation sites (tertiary alicyclic amines) is 1. The second kappa shape index (κ2) is 9.87. The molecule has 192 valence electrons. The Balaban J connectivity index is 1.57. The first-order chi connectivity index (χ1) is 16.4. The van der Waals surface area contributed by atoms with Crippen molar-refractivity contribution in [3.63, 3.8) is 0 Å². The third-order valence-corrected chi connectivity index (χ3v) is 7.04. The Morgan fingerprint density at radius 2 is 1.69 bits per heavy atom. The van der Waals surface area contributed by atoms with E-state index in [0.717, 1.165) is 12.8 Å². The van der Waals surface area contributed by atoms with E-state index in [1.165, 1.54) is 18.2 Å². The highest BCUT2D eigenvalue weighted by Crippen LogP contribution is 2.44. The summed E-state index contributed by atoms with van der Waals surface area (Å²) in [5.74, 6) is -2.73. The molecule has 2 fully saturated rings. The molecule has 1 unspecified atom stereocenters. The molecule has 2 aromatic rings. The van der Waals surface area contributed by atoms with Crippen LogP contribution in [0.1, 0.15) is 56.1 Å². The van der Waals surface area contributed by atoms with Crippen LogP contribution in [0.3, 0.4) is 0 Å². The van der Waals surface area contributed by atoms with Gasteiger partial charge < -0.3 is 9.84 Å². The molecule has 1 N–H and O–H groups in total. The minimum atomic E-state index is -4.72. The summed E-state index contributed by atoms with van der Waals surface area (Å²) in [6, 6.07) is 6.66. The highest BCUT2D eigenvalue weighted by molar-refractivity contribution is 5.89. The van der Waals surface area contributed by atoms with Gasteiger partial charge in [-0.05, 0) is 73.5 Å². The van der Waals surface area contributed by atoms with Crippen LogP contribution in [0.2, 0.25) is 0 Å². The fourth-order valence-electron chi connectivity index (χ4n) is 5.23. The van der Waals surface area contributed by atoms with Crippen molar-refractivity contribution in [3.8, 4) is 5.75 Å². The number of nitrogens with zero attached hydrogens (tertiary/aromatic N) is 1. The molecule has 1 atom stereocenters. The summed E-state index contributed by atoms with van der Waals surface area (Å²) in [4.78, 5) is 13.4. The zero-order chi connectivity index (χ0) is 25.4. The molecule has 0 aromatic heterocycles. The molecular formula is C25H27F6NO3. The lowest BCUT2D eigenvalue weighted by Crippen LogP contribution is -2.43. The summed E-state index contributed by atoms with van der Waals surface area (Å²) < 4.78 is 86.5. The highest BCUT2D eigenvalue weighted by Gasteiger charge is 2.43. The van der Waals surface area contributed by atoms with Crippen molar-refractivity contribution < 1.29 is 41.0 Å². The maximum absolute atomic E-state index is 14.1. The molecule has 4 rings (SSSR count). The fourth-order valence-corrected chi connectivity index (χ4v) is 5.23. The number of carboxylic acid groups (broad SMARTS) is 1. The molecule has 10 heteroatoms. The number of rotatable bonds is 5. The first kappa shape index (κ1) is 25.6. The zero-order valence-electron chi connectivity index (χ0n) is 19.0. The Morgan fingerprint density at radius 3 is 2.31 bits per heavy atom. The van der Waals surface area contributed by atoms with Crippen LogP contribution in [0.15, 0.2) is 30.3 Å². The topological polar surface area (TPSA) is 49.8 Å². The van der Waals surface area contributed by atoms with Crippen LogP contribution in [0.4, 0.5) is 26.3 Å². The van der Waals surface area contributed by atoms with Crippen molar-refractivity contribution in [2.75, 3.05) is 6.54 Å². The monoisotopic (exact) mass is 503 g/mol. The standard InChI is InChI=1S/C25H27F6NO3/c26-24(27,28)17-6-8-18(9-7-17)35-21-11-5-16-13-15(4-10-19(16)22(21)25(29,30)31)14-32-12-2-1-3-20(32)23(33)34/h4-5,10-11,13,17-18,20H,1-3,6-9,12,14H2,(H,33,34). The van der Waals surface area contributed by atoms with Crippen LogP contribution in [0.5, 0.6) is 5.75 Å². The van der Waals surface area contributed by atoms with Gasteiger partial charge in [0.2, 0.25) is 0 Å². The second-order valence-electron chi connectivity index (χ2n) is 9.45. The number of carboxylic acids is 1. The van der Waals surface area contributed by atoms with Crippen LogP contribution < -0.4 is 4.74 Å². The number of carbonyl (C=O) groups is 1. The number of ether oxygens (including phenoxy) is 1. The van der Waals surface area contributed by atoms with Crippen LogP contribution in [-0.4, -0.2) is 40.8 Å². The van der Waals surface area contributed by atoms with Gasteiger partial charge in [-0.3, -0.25) is 9.69 Å². The molecule has 1 aliphatic carbocycles. The van der Waals surface area contributed by atoms with Gasteiger partial charge in [0.15, 0.2) is 0 Å². The van der Waals surface area contributed by atoms with Gasteiger partial charge in [0.05, 0.1) is 12.0 Å².